The van der Waals surface area contributed by atoms with Crippen molar-refractivity contribution >= 4 is 18.1 Å². The molecule has 0 saturated heterocycles. The van der Waals surface area contributed by atoms with Crippen LogP contribution in [0.3, 0.4) is 0 Å². The number of esters is 1. The van der Waals surface area contributed by atoms with Crippen LogP contribution in [0.25, 0.3) is 0 Å². The van der Waals surface area contributed by atoms with Gasteiger partial charge in [-0.25, -0.2) is 14.6 Å². The molecule has 0 aliphatic carbocycles. The van der Waals surface area contributed by atoms with Crippen LogP contribution in [-0.2, 0) is 0 Å². The van der Waals surface area contributed by atoms with Gasteiger partial charge in [0.05, 0.1) is 17.3 Å². The molecular weight excluding hydrogens is 363 g/mol. The van der Waals surface area contributed by atoms with Crippen molar-refractivity contribution in [1.29, 1.82) is 0 Å². The molecule has 1 amide bonds. The van der Waals surface area contributed by atoms with Crippen LogP contribution in [0.1, 0.15) is 26.3 Å². The quantitative estimate of drug-likeness (QED) is 0.308. The number of carbonyl (C=O) groups excluding carboxylic acids is 2. The lowest BCUT2D eigenvalue weighted by molar-refractivity contribution is 0.0734. The smallest absolute Gasteiger partial charge is 0.343 e. The summed E-state index contributed by atoms with van der Waals surface area (Å²) in [7, 11) is 0. The van der Waals surface area contributed by atoms with Crippen molar-refractivity contribution in [3.8, 4) is 11.5 Å². The maximum Gasteiger partial charge on any atom is 0.343 e. The topological polar surface area (TPSA) is 88.0 Å². The normalized spacial score (nSPS) is 10.6. The SMILES string of the molecule is O=C(Oc1ccc(/C=N\NC(=O)c2ccccc2O)cc1)c1cccc(F)c1. The molecule has 0 fully saturated rings. The van der Waals surface area contributed by atoms with Crippen molar-refractivity contribution in [3.05, 3.63) is 95.3 Å². The van der Waals surface area contributed by atoms with Gasteiger partial charge in [-0.1, -0.05) is 18.2 Å². The molecule has 2 N–H and O–H groups in total. The number of nitrogens with one attached hydrogen (secondary N) is 1. The molecule has 3 aromatic rings. The Labute approximate surface area is 159 Å². The van der Waals surface area contributed by atoms with Crippen LogP contribution in [0.4, 0.5) is 4.39 Å². The summed E-state index contributed by atoms with van der Waals surface area (Å²) in [4.78, 5) is 23.9. The highest BCUT2D eigenvalue weighted by Crippen LogP contribution is 2.16. The van der Waals surface area contributed by atoms with Crippen LogP contribution in [0.15, 0.2) is 77.9 Å². The predicted molar refractivity (Wildman–Crippen MR) is 101 cm³/mol. The van der Waals surface area contributed by atoms with Gasteiger partial charge in [-0.3, -0.25) is 4.79 Å². The third-order valence-electron chi connectivity index (χ3n) is 3.68. The van der Waals surface area contributed by atoms with E-state index in [-0.39, 0.29) is 22.6 Å². The van der Waals surface area contributed by atoms with E-state index in [4.69, 9.17) is 4.74 Å². The molecule has 6 nitrogen and oxygen atoms in total. The predicted octanol–water partition coefficient (Wildman–Crippen LogP) is 3.51. The molecule has 0 atom stereocenters. The number of carbonyl (C=O) groups is 2. The molecule has 0 unspecified atom stereocenters. The molecular formula is C21H15FN2O4. The van der Waals surface area contributed by atoms with Crippen molar-refractivity contribution in [2.45, 2.75) is 0 Å². The fraction of sp³-hybridized carbons (Fsp3) is 0. The Morgan fingerprint density at radius 3 is 2.46 bits per heavy atom. The molecule has 0 aromatic heterocycles. The number of amides is 1. The van der Waals surface area contributed by atoms with Crippen LogP contribution in [0, 0.1) is 5.82 Å². The maximum atomic E-state index is 13.2. The molecule has 0 bridgehead atoms. The number of benzene rings is 3. The Balaban J connectivity index is 1.58. The van der Waals surface area contributed by atoms with Gasteiger partial charge in [0.1, 0.15) is 17.3 Å². The van der Waals surface area contributed by atoms with Gasteiger partial charge in [0, 0.05) is 0 Å². The van der Waals surface area contributed by atoms with Crippen LogP contribution in [0.2, 0.25) is 0 Å². The zero-order valence-electron chi connectivity index (χ0n) is 14.5. The van der Waals surface area contributed by atoms with E-state index in [1.165, 1.54) is 36.5 Å². The van der Waals surface area contributed by atoms with Crippen LogP contribution < -0.4 is 10.2 Å². The second-order valence-corrected chi connectivity index (χ2v) is 5.69. The Bertz CT molecular complexity index is 1030. The number of halogens is 1. The summed E-state index contributed by atoms with van der Waals surface area (Å²) < 4.78 is 18.3. The first-order valence-electron chi connectivity index (χ1n) is 8.22. The second kappa shape index (κ2) is 8.59. The van der Waals surface area contributed by atoms with Crippen LogP contribution in [-0.4, -0.2) is 23.2 Å². The van der Waals surface area contributed by atoms with Crippen molar-refractivity contribution < 1.29 is 23.8 Å². The number of ether oxygens (including phenoxy) is 1. The molecule has 28 heavy (non-hydrogen) atoms. The Hall–Kier alpha value is -4.00. The van der Waals surface area contributed by atoms with Gasteiger partial charge in [-0.2, -0.15) is 5.10 Å². The van der Waals surface area contributed by atoms with Crippen molar-refractivity contribution in [1.82, 2.24) is 5.43 Å². The molecule has 0 heterocycles. The number of rotatable bonds is 5. The first kappa shape index (κ1) is 18.8. The average molecular weight is 378 g/mol. The van der Waals surface area contributed by atoms with Crippen molar-refractivity contribution in [2.24, 2.45) is 5.10 Å². The van der Waals surface area contributed by atoms with Crippen molar-refractivity contribution in [2.75, 3.05) is 0 Å². The largest absolute Gasteiger partial charge is 0.507 e. The van der Waals surface area contributed by atoms with Crippen molar-refractivity contribution in [3.63, 3.8) is 0 Å². The van der Waals surface area contributed by atoms with E-state index < -0.39 is 17.7 Å². The van der Waals surface area contributed by atoms with Crippen LogP contribution >= 0.6 is 0 Å². The highest BCUT2D eigenvalue weighted by atomic mass is 19.1. The van der Waals surface area contributed by atoms with E-state index in [0.29, 0.717) is 5.56 Å². The van der Waals surface area contributed by atoms with Gasteiger partial charge in [0.2, 0.25) is 0 Å². The summed E-state index contributed by atoms with van der Waals surface area (Å²) in [5, 5.41) is 13.4. The number of nitrogens with zero attached hydrogens (tertiary/aromatic N) is 1. The summed E-state index contributed by atoms with van der Waals surface area (Å²) >= 11 is 0. The van der Waals surface area contributed by atoms with Gasteiger partial charge in [-0.15, -0.1) is 0 Å². The van der Waals surface area contributed by atoms with E-state index >= 15 is 0 Å². The molecule has 0 radical (unpaired) electrons. The number of phenols is 1. The molecule has 3 aromatic carbocycles. The number of hydrogen-bond acceptors (Lipinski definition) is 5. The van der Waals surface area contributed by atoms with Gasteiger partial charge in [-0.05, 0) is 60.2 Å². The summed E-state index contributed by atoms with van der Waals surface area (Å²) in [6.07, 6.45) is 1.40. The summed E-state index contributed by atoms with van der Waals surface area (Å²) in [6, 6.07) is 17.7. The Morgan fingerprint density at radius 1 is 1.00 bits per heavy atom. The van der Waals surface area contributed by atoms with E-state index in [1.54, 1.807) is 36.4 Å². The molecule has 3 rings (SSSR count). The summed E-state index contributed by atoms with van der Waals surface area (Å²) in [5.74, 6) is -1.60. The van der Waals surface area contributed by atoms with Gasteiger partial charge >= 0.3 is 5.97 Å². The standard InChI is InChI=1S/C21H15FN2O4/c22-16-5-3-4-15(12-16)21(27)28-17-10-8-14(9-11-17)13-23-24-20(26)18-6-1-2-7-19(18)25/h1-13,25H,(H,24,26)/b23-13-. The second-order valence-electron chi connectivity index (χ2n) is 5.69. The molecule has 0 spiro atoms. The molecule has 0 aliphatic heterocycles. The van der Waals surface area contributed by atoms with Gasteiger partial charge in [0.25, 0.3) is 5.91 Å². The number of hydrogen-bond donors (Lipinski definition) is 2. The molecule has 0 saturated carbocycles. The fourth-order valence-electron chi connectivity index (χ4n) is 2.29. The first-order valence-corrected chi connectivity index (χ1v) is 8.22. The Morgan fingerprint density at radius 2 is 1.75 bits per heavy atom. The van der Waals surface area contributed by atoms with E-state index in [9.17, 15) is 19.1 Å². The Kier molecular flexibility index (Phi) is 5.76. The first-order chi connectivity index (χ1) is 13.5. The molecule has 7 heteroatoms. The number of para-hydroxylation sites is 1. The summed E-state index contributed by atoms with van der Waals surface area (Å²) in [6.45, 7) is 0. The highest BCUT2D eigenvalue weighted by Gasteiger charge is 2.10. The lowest BCUT2D eigenvalue weighted by Crippen LogP contribution is -2.17. The van der Waals surface area contributed by atoms with E-state index in [0.717, 1.165) is 6.07 Å². The minimum atomic E-state index is -0.671. The average Bonchev–Trinajstić information content (AvgIpc) is 2.69. The number of hydrazone groups is 1. The van der Waals surface area contributed by atoms with Crippen LogP contribution in [0.5, 0.6) is 11.5 Å². The minimum absolute atomic E-state index is 0.109. The van der Waals surface area contributed by atoms with E-state index in [1.807, 2.05) is 0 Å². The third-order valence-corrected chi connectivity index (χ3v) is 3.68. The lowest BCUT2D eigenvalue weighted by atomic mass is 10.2. The monoisotopic (exact) mass is 378 g/mol. The lowest BCUT2D eigenvalue weighted by Gasteiger charge is -2.05. The number of aromatic hydroxyl groups is 1. The van der Waals surface area contributed by atoms with E-state index in [2.05, 4.69) is 10.5 Å². The zero-order chi connectivity index (χ0) is 19.9. The van der Waals surface area contributed by atoms with Gasteiger partial charge < -0.3 is 9.84 Å². The number of phenolic OH excluding ortho intramolecular Hbond substituents is 1. The summed E-state index contributed by atoms with van der Waals surface area (Å²) in [5.41, 5.74) is 3.17. The zero-order valence-corrected chi connectivity index (χ0v) is 14.5. The molecule has 140 valence electrons. The third kappa shape index (κ3) is 4.79. The maximum absolute atomic E-state index is 13.2. The molecule has 0 aliphatic rings. The van der Waals surface area contributed by atoms with Gasteiger partial charge in [0.15, 0.2) is 0 Å². The minimum Gasteiger partial charge on any atom is -0.507 e. The fourth-order valence-corrected chi connectivity index (χ4v) is 2.29. The highest BCUT2D eigenvalue weighted by molar-refractivity contribution is 5.97.